The third kappa shape index (κ3) is 2.17. The first-order valence-electron chi connectivity index (χ1n) is 5.11. The van der Waals surface area contributed by atoms with Crippen molar-refractivity contribution >= 4 is 11.9 Å². The van der Waals surface area contributed by atoms with Crippen molar-refractivity contribution in [2.24, 2.45) is 33.9 Å². The summed E-state index contributed by atoms with van der Waals surface area (Å²) in [7, 11) is 0. The normalized spacial score (nSPS) is 28.4. The molecule has 0 aromatic rings. The van der Waals surface area contributed by atoms with E-state index in [9.17, 15) is 0 Å². The average molecular weight is 180 g/mol. The first-order chi connectivity index (χ1) is 6.04. The van der Waals surface area contributed by atoms with Crippen molar-refractivity contribution in [3.8, 4) is 0 Å². The molecule has 0 bridgehead atoms. The van der Waals surface area contributed by atoms with E-state index in [1.54, 1.807) is 0 Å². The number of rotatable bonds is 2. The van der Waals surface area contributed by atoms with Gasteiger partial charge in [-0.25, -0.2) is 0 Å². The third-order valence-corrected chi connectivity index (χ3v) is 2.84. The van der Waals surface area contributed by atoms with Gasteiger partial charge in [0.2, 0.25) is 0 Å². The summed E-state index contributed by atoms with van der Waals surface area (Å²) in [6, 6.07) is 0. The lowest BCUT2D eigenvalue weighted by Gasteiger charge is -2.31. The highest BCUT2D eigenvalue weighted by atomic mass is 15.2. The van der Waals surface area contributed by atoms with Gasteiger partial charge in [-0.1, -0.05) is 27.7 Å². The Bertz CT molecular complexity index is 226. The molecule has 2 atom stereocenters. The Morgan fingerprint density at radius 1 is 1.15 bits per heavy atom. The third-order valence-electron chi connectivity index (χ3n) is 2.84. The molecule has 13 heavy (non-hydrogen) atoms. The average Bonchev–Trinajstić information content (AvgIpc) is 2.02. The van der Waals surface area contributed by atoms with Crippen LogP contribution in [0.3, 0.4) is 0 Å². The second kappa shape index (κ2) is 4.03. The van der Waals surface area contributed by atoms with E-state index < -0.39 is 0 Å². The van der Waals surface area contributed by atoms with Crippen LogP contribution in [0.5, 0.6) is 0 Å². The first kappa shape index (κ1) is 10.4. The van der Waals surface area contributed by atoms with Crippen molar-refractivity contribution < 1.29 is 0 Å². The van der Waals surface area contributed by atoms with Crippen LogP contribution in [0.15, 0.2) is 10.2 Å². The molecule has 1 aliphatic rings. The van der Waals surface area contributed by atoms with Gasteiger partial charge in [0.15, 0.2) is 0 Å². The first-order valence-corrected chi connectivity index (χ1v) is 5.11. The van der Waals surface area contributed by atoms with Crippen LogP contribution in [0, 0.1) is 23.7 Å². The SMILES string of the molecule is CC1=NN=CC(C(C)C)C1C(C)C. The molecule has 0 N–H and O–H groups in total. The second-order valence-corrected chi connectivity index (χ2v) is 4.60. The van der Waals surface area contributed by atoms with Gasteiger partial charge in [0.25, 0.3) is 0 Å². The van der Waals surface area contributed by atoms with Crippen molar-refractivity contribution in [2.45, 2.75) is 34.6 Å². The fourth-order valence-corrected chi connectivity index (χ4v) is 2.15. The summed E-state index contributed by atoms with van der Waals surface area (Å²) in [5.74, 6) is 2.46. The molecule has 2 nitrogen and oxygen atoms in total. The number of hydrogen-bond donors (Lipinski definition) is 0. The van der Waals surface area contributed by atoms with E-state index in [1.807, 2.05) is 6.21 Å². The summed E-state index contributed by atoms with van der Waals surface area (Å²) in [6.45, 7) is 11.1. The zero-order valence-electron chi connectivity index (χ0n) is 9.28. The van der Waals surface area contributed by atoms with Gasteiger partial charge in [-0.2, -0.15) is 10.2 Å². The van der Waals surface area contributed by atoms with E-state index >= 15 is 0 Å². The Morgan fingerprint density at radius 2 is 1.77 bits per heavy atom. The fraction of sp³-hybridized carbons (Fsp3) is 0.818. The monoisotopic (exact) mass is 180 g/mol. The number of hydrogen-bond acceptors (Lipinski definition) is 2. The molecule has 1 heterocycles. The molecule has 0 amide bonds. The molecule has 2 heteroatoms. The van der Waals surface area contributed by atoms with E-state index in [0.29, 0.717) is 23.7 Å². The summed E-state index contributed by atoms with van der Waals surface area (Å²) in [5, 5.41) is 8.21. The highest BCUT2D eigenvalue weighted by Gasteiger charge is 2.30. The molecule has 1 rings (SSSR count). The molecule has 0 aromatic carbocycles. The van der Waals surface area contributed by atoms with Crippen molar-refractivity contribution in [3.63, 3.8) is 0 Å². The number of nitrogens with zero attached hydrogens (tertiary/aromatic N) is 2. The molecular weight excluding hydrogens is 160 g/mol. The van der Waals surface area contributed by atoms with Gasteiger partial charge in [-0.15, -0.1) is 0 Å². The largest absolute Gasteiger partial charge is 0.163 e. The molecule has 0 aliphatic carbocycles. The summed E-state index contributed by atoms with van der Waals surface area (Å²) >= 11 is 0. The van der Waals surface area contributed by atoms with Crippen LogP contribution in [0.1, 0.15) is 34.6 Å². The summed E-state index contributed by atoms with van der Waals surface area (Å²) in [4.78, 5) is 0. The quantitative estimate of drug-likeness (QED) is 0.624. The van der Waals surface area contributed by atoms with Gasteiger partial charge in [0.05, 0.1) is 0 Å². The molecule has 0 radical (unpaired) electrons. The fourth-order valence-electron chi connectivity index (χ4n) is 2.15. The maximum atomic E-state index is 4.15. The van der Waals surface area contributed by atoms with Gasteiger partial charge in [-0.05, 0) is 18.8 Å². The predicted molar refractivity (Wildman–Crippen MR) is 58.3 cm³/mol. The van der Waals surface area contributed by atoms with Gasteiger partial charge in [0, 0.05) is 23.8 Å². The van der Waals surface area contributed by atoms with E-state index in [1.165, 1.54) is 5.71 Å². The maximum absolute atomic E-state index is 4.15. The van der Waals surface area contributed by atoms with E-state index in [-0.39, 0.29) is 0 Å². The van der Waals surface area contributed by atoms with E-state index in [2.05, 4.69) is 44.8 Å². The molecule has 0 saturated carbocycles. The Kier molecular flexibility index (Phi) is 3.23. The topological polar surface area (TPSA) is 24.7 Å². The molecule has 2 unspecified atom stereocenters. The molecule has 0 spiro atoms. The standard InChI is InChI=1S/C11H20N2/c1-7(2)10-6-12-13-9(5)11(10)8(3)4/h6-8,10-11H,1-5H3. The molecule has 0 aromatic heterocycles. The second-order valence-electron chi connectivity index (χ2n) is 4.60. The van der Waals surface area contributed by atoms with Crippen LogP contribution < -0.4 is 0 Å². The van der Waals surface area contributed by atoms with Crippen LogP contribution in [0.2, 0.25) is 0 Å². The molecule has 0 saturated heterocycles. The Labute approximate surface area is 81.1 Å². The van der Waals surface area contributed by atoms with Crippen molar-refractivity contribution in [1.82, 2.24) is 0 Å². The predicted octanol–water partition coefficient (Wildman–Crippen LogP) is 2.99. The lowest BCUT2D eigenvalue weighted by Crippen LogP contribution is -2.33. The molecule has 0 fully saturated rings. The van der Waals surface area contributed by atoms with Crippen LogP contribution in [-0.4, -0.2) is 11.9 Å². The molecule has 1 aliphatic heterocycles. The maximum Gasteiger partial charge on any atom is 0.0414 e. The molecule has 74 valence electrons. The highest BCUT2D eigenvalue weighted by molar-refractivity contribution is 5.89. The minimum atomic E-state index is 0.567. The lowest BCUT2D eigenvalue weighted by molar-refractivity contribution is 0.334. The highest BCUT2D eigenvalue weighted by Crippen LogP contribution is 2.29. The summed E-state index contributed by atoms with van der Waals surface area (Å²) < 4.78 is 0. The van der Waals surface area contributed by atoms with E-state index in [4.69, 9.17) is 0 Å². The Morgan fingerprint density at radius 3 is 2.15 bits per heavy atom. The zero-order valence-corrected chi connectivity index (χ0v) is 9.28. The van der Waals surface area contributed by atoms with E-state index in [0.717, 1.165) is 0 Å². The lowest BCUT2D eigenvalue weighted by atomic mass is 9.75. The summed E-state index contributed by atoms with van der Waals surface area (Å²) in [5.41, 5.74) is 1.19. The Balaban J connectivity index is 2.85. The van der Waals surface area contributed by atoms with Crippen molar-refractivity contribution in [1.29, 1.82) is 0 Å². The van der Waals surface area contributed by atoms with Gasteiger partial charge < -0.3 is 0 Å². The minimum Gasteiger partial charge on any atom is -0.163 e. The van der Waals surface area contributed by atoms with Crippen LogP contribution in [0.4, 0.5) is 0 Å². The summed E-state index contributed by atoms with van der Waals surface area (Å²) in [6.07, 6.45) is 2.02. The van der Waals surface area contributed by atoms with Crippen LogP contribution >= 0.6 is 0 Å². The van der Waals surface area contributed by atoms with Crippen LogP contribution in [0.25, 0.3) is 0 Å². The smallest absolute Gasteiger partial charge is 0.0414 e. The molecular formula is C11H20N2. The van der Waals surface area contributed by atoms with Gasteiger partial charge in [-0.3, -0.25) is 0 Å². The zero-order chi connectivity index (χ0) is 10.0. The van der Waals surface area contributed by atoms with Gasteiger partial charge in [0.1, 0.15) is 0 Å². The Hall–Kier alpha value is -0.660. The van der Waals surface area contributed by atoms with Crippen molar-refractivity contribution in [2.75, 3.05) is 0 Å². The van der Waals surface area contributed by atoms with Crippen molar-refractivity contribution in [3.05, 3.63) is 0 Å². The van der Waals surface area contributed by atoms with Gasteiger partial charge >= 0.3 is 0 Å². The van der Waals surface area contributed by atoms with Crippen LogP contribution in [-0.2, 0) is 0 Å². The minimum absolute atomic E-state index is 0.567.